The molecule has 2 N–H and O–H groups in total. The first kappa shape index (κ1) is 25.9. The van der Waals surface area contributed by atoms with Crippen molar-refractivity contribution in [2.24, 2.45) is 11.3 Å². The van der Waals surface area contributed by atoms with E-state index in [-0.39, 0.29) is 11.3 Å². The summed E-state index contributed by atoms with van der Waals surface area (Å²) < 4.78 is 5.42. The number of pyridine rings is 1. The van der Waals surface area contributed by atoms with Crippen LogP contribution in [-0.4, -0.2) is 29.1 Å². The highest BCUT2D eigenvalue weighted by Crippen LogP contribution is 2.47. The highest BCUT2D eigenvalue weighted by Gasteiger charge is 2.42. The minimum absolute atomic E-state index is 0.0713. The van der Waals surface area contributed by atoms with Crippen LogP contribution in [0.2, 0.25) is 0 Å². The number of hydrogen-bond acceptors (Lipinski definition) is 4. The quantitative estimate of drug-likeness (QED) is 0.400. The van der Waals surface area contributed by atoms with Gasteiger partial charge in [-0.1, -0.05) is 31.4 Å². The van der Waals surface area contributed by atoms with Crippen LogP contribution in [0.15, 0.2) is 42.6 Å². The van der Waals surface area contributed by atoms with Crippen LogP contribution in [0.1, 0.15) is 86.8 Å². The van der Waals surface area contributed by atoms with Gasteiger partial charge in [0.1, 0.15) is 11.6 Å². The number of amides is 1. The van der Waals surface area contributed by atoms with Gasteiger partial charge in [0.15, 0.2) is 0 Å². The Bertz CT molecular complexity index is 1100. The topological polar surface area (TPSA) is 88.5 Å². The molecule has 2 aromatic rings. The lowest BCUT2D eigenvalue weighted by molar-refractivity contribution is -0.131. The summed E-state index contributed by atoms with van der Waals surface area (Å²) in [4.78, 5) is 28.8. The molecule has 2 aliphatic carbocycles. The van der Waals surface area contributed by atoms with E-state index in [0.29, 0.717) is 23.2 Å². The molecule has 2 saturated carbocycles. The summed E-state index contributed by atoms with van der Waals surface area (Å²) in [5.41, 5.74) is 2.94. The predicted octanol–water partition coefficient (Wildman–Crippen LogP) is 6.75. The second-order valence-electron chi connectivity index (χ2n) is 10.6. The molecule has 36 heavy (non-hydrogen) atoms. The Morgan fingerprint density at radius 1 is 1.11 bits per heavy atom. The Balaban J connectivity index is 1.41. The van der Waals surface area contributed by atoms with E-state index in [4.69, 9.17) is 9.84 Å². The van der Waals surface area contributed by atoms with Gasteiger partial charge < -0.3 is 15.2 Å². The maximum Gasteiger partial charge on any atom is 0.328 e. The zero-order valence-electron chi connectivity index (χ0n) is 21.5. The van der Waals surface area contributed by atoms with Gasteiger partial charge >= 0.3 is 5.97 Å². The van der Waals surface area contributed by atoms with Crippen LogP contribution in [0, 0.1) is 18.3 Å². The predicted molar refractivity (Wildman–Crippen MR) is 142 cm³/mol. The Hall–Kier alpha value is -3.15. The Morgan fingerprint density at radius 2 is 1.86 bits per heavy atom. The van der Waals surface area contributed by atoms with E-state index in [0.717, 1.165) is 69.6 Å². The number of hydrogen-bond donors (Lipinski definition) is 2. The van der Waals surface area contributed by atoms with Gasteiger partial charge in [0, 0.05) is 17.7 Å². The van der Waals surface area contributed by atoms with E-state index in [9.17, 15) is 9.59 Å². The van der Waals surface area contributed by atoms with Crippen molar-refractivity contribution >= 4 is 23.8 Å². The van der Waals surface area contributed by atoms with Crippen LogP contribution in [0.5, 0.6) is 5.75 Å². The van der Waals surface area contributed by atoms with E-state index in [1.807, 2.05) is 0 Å². The van der Waals surface area contributed by atoms with E-state index < -0.39 is 5.97 Å². The maximum absolute atomic E-state index is 13.6. The smallest absolute Gasteiger partial charge is 0.328 e. The minimum Gasteiger partial charge on any atom is -0.496 e. The molecule has 0 atom stereocenters. The average Bonchev–Trinajstić information content (AvgIpc) is 2.88. The standard InChI is InChI=1S/C30H38N2O4/c1-21-18-25(11-12-26(21)36-2)24-9-6-23(7-10-24)20-30(15-4-3-5-16-30)29(35)32-27-19-22(14-17-31-27)8-13-28(33)34/h8,11-14,17-19,23-24H,3-7,9-10,15-16,20H2,1-2H3,(H,33,34)(H,31,32,35)/b13-8+. The summed E-state index contributed by atoms with van der Waals surface area (Å²) in [6, 6.07) is 10.0. The number of carbonyl (C=O) groups is 2. The number of carbonyl (C=O) groups excluding carboxylic acids is 1. The fraction of sp³-hybridized carbons (Fsp3) is 0.500. The highest BCUT2D eigenvalue weighted by atomic mass is 16.5. The third-order valence-electron chi connectivity index (χ3n) is 8.15. The molecule has 0 bridgehead atoms. The summed E-state index contributed by atoms with van der Waals surface area (Å²) in [5.74, 6) is 1.62. The fourth-order valence-corrected chi connectivity index (χ4v) is 6.20. The molecule has 0 aliphatic heterocycles. The molecular formula is C30H38N2O4. The third kappa shape index (κ3) is 6.34. The van der Waals surface area contributed by atoms with Crippen molar-refractivity contribution in [2.75, 3.05) is 12.4 Å². The largest absolute Gasteiger partial charge is 0.496 e. The Morgan fingerprint density at radius 3 is 2.53 bits per heavy atom. The Labute approximate surface area is 214 Å². The number of ether oxygens (including phenoxy) is 1. The van der Waals surface area contributed by atoms with Gasteiger partial charge in [-0.15, -0.1) is 0 Å². The molecule has 0 unspecified atom stereocenters. The molecule has 4 rings (SSSR count). The van der Waals surface area contributed by atoms with E-state index >= 15 is 0 Å². The SMILES string of the molecule is COc1ccc(C2CCC(CC3(C(=O)Nc4cc(/C=C/C(=O)O)ccn4)CCCCC3)CC2)cc1C. The number of aryl methyl sites for hydroxylation is 1. The number of carboxylic acid groups (broad SMARTS) is 1. The van der Waals surface area contributed by atoms with Crippen LogP contribution in [0.3, 0.4) is 0 Å². The van der Waals surface area contributed by atoms with E-state index in [1.54, 1.807) is 25.4 Å². The van der Waals surface area contributed by atoms with Crippen LogP contribution >= 0.6 is 0 Å². The van der Waals surface area contributed by atoms with Gasteiger partial charge in [-0.25, -0.2) is 9.78 Å². The van der Waals surface area contributed by atoms with Crippen LogP contribution in [0.25, 0.3) is 6.08 Å². The summed E-state index contributed by atoms with van der Waals surface area (Å²) in [6.45, 7) is 2.10. The summed E-state index contributed by atoms with van der Waals surface area (Å²) >= 11 is 0. The van der Waals surface area contributed by atoms with Gasteiger partial charge in [-0.05, 0) is 105 Å². The number of anilines is 1. The van der Waals surface area contributed by atoms with Gasteiger partial charge in [-0.2, -0.15) is 0 Å². The minimum atomic E-state index is -1.00. The molecule has 6 nitrogen and oxygen atoms in total. The van der Waals surface area contributed by atoms with E-state index in [1.165, 1.54) is 23.6 Å². The fourth-order valence-electron chi connectivity index (χ4n) is 6.20. The van der Waals surface area contributed by atoms with Crippen molar-refractivity contribution in [2.45, 2.75) is 77.0 Å². The number of nitrogens with one attached hydrogen (secondary N) is 1. The maximum atomic E-state index is 13.6. The van der Waals surface area contributed by atoms with Gasteiger partial charge in [-0.3, -0.25) is 4.79 Å². The number of aliphatic carboxylic acids is 1. The number of carboxylic acids is 1. The third-order valence-corrected chi connectivity index (χ3v) is 8.15. The molecule has 2 fully saturated rings. The summed E-state index contributed by atoms with van der Waals surface area (Å²) in [7, 11) is 1.72. The lowest BCUT2D eigenvalue weighted by atomic mass is 9.65. The first-order valence-corrected chi connectivity index (χ1v) is 13.2. The zero-order valence-corrected chi connectivity index (χ0v) is 21.5. The van der Waals surface area contributed by atoms with Gasteiger partial charge in [0.05, 0.1) is 7.11 Å². The van der Waals surface area contributed by atoms with Crippen molar-refractivity contribution in [1.82, 2.24) is 4.98 Å². The second-order valence-corrected chi connectivity index (χ2v) is 10.6. The lowest BCUT2D eigenvalue weighted by Crippen LogP contribution is -2.40. The molecule has 0 radical (unpaired) electrons. The molecule has 1 heterocycles. The van der Waals surface area contributed by atoms with Crippen LogP contribution in [-0.2, 0) is 9.59 Å². The Kier molecular flexibility index (Phi) is 8.44. The molecular weight excluding hydrogens is 452 g/mol. The monoisotopic (exact) mass is 490 g/mol. The van der Waals surface area contributed by atoms with Crippen LogP contribution in [0.4, 0.5) is 5.82 Å². The molecule has 192 valence electrons. The molecule has 0 saturated heterocycles. The normalized spacial score (nSPS) is 21.7. The molecule has 2 aliphatic rings. The van der Waals surface area contributed by atoms with Crippen molar-refractivity contribution in [3.8, 4) is 5.75 Å². The first-order valence-electron chi connectivity index (χ1n) is 13.2. The summed E-state index contributed by atoms with van der Waals surface area (Å²) in [6.07, 6.45) is 15.0. The number of methoxy groups -OCH3 is 1. The van der Waals surface area contributed by atoms with Crippen molar-refractivity contribution in [3.63, 3.8) is 0 Å². The lowest BCUT2D eigenvalue weighted by Gasteiger charge is -2.40. The van der Waals surface area contributed by atoms with Gasteiger partial charge in [0.25, 0.3) is 0 Å². The van der Waals surface area contributed by atoms with Crippen molar-refractivity contribution in [1.29, 1.82) is 0 Å². The number of benzene rings is 1. The number of nitrogens with zero attached hydrogens (tertiary/aromatic N) is 1. The molecule has 0 spiro atoms. The summed E-state index contributed by atoms with van der Waals surface area (Å²) in [5, 5.41) is 12.0. The van der Waals surface area contributed by atoms with E-state index in [2.05, 4.69) is 35.4 Å². The van der Waals surface area contributed by atoms with Gasteiger partial charge in [0.2, 0.25) is 5.91 Å². The number of aromatic nitrogens is 1. The molecule has 6 heteroatoms. The molecule has 1 aromatic heterocycles. The number of rotatable bonds is 8. The van der Waals surface area contributed by atoms with Crippen molar-refractivity contribution in [3.05, 3.63) is 59.3 Å². The van der Waals surface area contributed by atoms with Crippen LogP contribution < -0.4 is 10.1 Å². The van der Waals surface area contributed by atoms with Crippen molar-refractivity contribution < 1.29 is 19.4 Å². The molecule has 1 amide bonds. The second kappa shape index (κ2) is 11.7. The first-order chi connectivity index (χ1) is 17.4. The molecule has 1 aromatic carbocycles. The zero-order chi connectivity index (χ0) is 25.5. The highest BCUT2D eigenvalue weighted by molar-refractivity contribution is 5.95. The average molecular weight is 491 g/mol.